The van der Waals surface area contributed by atoms with E-state index in [0.29, 0.717) is 5.76 Å². The van der Waals surface area contributed by atoms with Crippen molar-refractivity contribution >= 4 is 0 Å². The van der Waals surface area contributed by atoms with E-state index in [2.05, 4.69) is 6.08 Å². The van der Waals surface area contributed by atoms with Gasteiger partial charge in [-0.1, -0.05) is 17.7 Å². The molecule has 0 amide bonds. The van der Waals surface area contributed by atoms with Gasteiger partial charge in [0.1, 0.15) is 5.76 Å². The Morgan fingerprint density at radius 3 is 2.70 bits per heavy atom. The molecule has 54 valence electrons. The highest BCUT2D eigenvalue weighted by molar-refractivity contribution is 5.34. The Hall–Kier alpha value is -0.980. The summed E-state index contributed by atoms with van der Waals surface area (Å²) in [6.45, 7) is 3.95. The lowest BCUT2D eigenvalue weighted by atomic mass is 10.2. The first-order valence-corrected chi connectivity index (χ1v) is 3.44. The van der Waals surface area contributed by atoms with Crippen LogP contribution in [0.2, 0.25) is 0 Å². The van der Waals surface area contributed by atoms with Gasteiger partial charge in [-0.25, -0.2) is 0 Å². The second kappa shape index (κ2) is 2.74. The summed E-state index contributed by atoms with van der Waals surface area (Å²) in [5, 5.41) is 9.23. The average Bonchev–Trinajstić information content (AvgIpc) is 1.96. The molecule has 1 nitrogen and oxygen atoms in total. The van der Waals surface area contributed by atoms with Crippen LogP contribution in [0.1, 0.15) is 20.3 Å². The Balaban J connectivity index is 2.92. The maximum Gasteiger partial charge on any atom is 0.114 e. The van der Waals surface area contributed by atoms with E-state index in [1.54, 1.807) is 0 Å². The predicted octanol–water partition coefficient (Wildman–Crippen LogP) is 2.72. The summed E-state index contributed by atoms with van der Waals surface area (Å²) in [5.74, 6) is 0.410. The fourth-order valence-electron chi connectivity index (χ4n) is 0.992. The molecule has 0 saturated carbocycles. The summed E-state index contributed by atoms with van der Waals surface area (Å²) in [5.41, 5.74) is 2.17. The number of aliphatic hydroxyl groups is 1. The molecule has 0 aromatic carbocycles. The highest BCUT2D eigenvalue weighted by Crippen LogP contribution is 2.14. The minimum Gasteiger partial charge on any atom is -0.508 e. The molecule has 0 aromatic rings. The maximum absolute atomic E-state index is 9.23. The van der Waals surface area contributed by atoms with E-state index in [9.17, 15) is 5.11 Å². The number of hydrogen-bond donors (Lipinski definition) is 1. The molecule has 0 unspecified atom stereocenters. The highest BCUT2D eigenvalue weighted by atomic mass is 16.3. The van der Waals surface area contributed by atoms with E-state index in [-0.39, 0.29) is 0 Å². The molecule has 0 aromatic heterocycles. The zero-order chi connectivity index (χ0) is 7.56. The number of aliphatic hydroxyl groups excluding tert-OH is 1. The quantitative estimate of drug-likeness (QED) is 0.543. The first-order chi connectivity index (χ1) is 4.70. The first-order valence-electron chi connectivity index (χ1n) is 3.44. The molecule has 1 aliphatic rings. The lowest BCUT2D eigenvalue weighted by Gasteiger charge is -1.95. The monoisotopic (exact) mass is 136 g/mol. The summed E-state index contributed by atoms with van der Waals surface area (Å²) in [6.07, 6.45) is 6.74. The molecule has 0 heterocycles. The second-order valence-electron chi connectivity index (χ2n) is 2.60. The predicted molar refractivity (Wildman–Crippen MR) is 42.8 cm³/mol. The molecule has 1 aliphatic carbocycles. The van der Waals surface area contributed by atoms with Gasteiger partial charge >= 0.3 is 0 Å². The van der Waals surface area contributed by atoms with Gasteiger partial charge in [0.15, 0.2) is 0 Å². The van der Waals surface area contributed by atoms with Gasteiger partial charge < -0.3 is 5.11 Å². The van der Waals surface area contributed by atoms with Gasteiger partial charge in [0, 0.05) is 0 Å². The van der Waals surface area contributed by atoms with Crippen LogP contribution in [0.3, 0.4) is 0 Å². The van der Waals surface area contributed by atoms with Gasteiger partial charge in [-0.05, 0) is 31.9 Å². The topological polar surface area (TPSA) is 20.2 Å². The SMILES string of the molecule is CC1=CCC=C(O)C(C)=C1. The summed E-state index contributed by atoms with van der Waals surface area (Å²) < 4.78 is 0. The number of hydrogen-bond acceptors (Lipinski definition) is 1. The lowest BCUT2D eigenvalue weighted by molar-refractivity contribution is 0.422. The van der Waals surface area contributed by atoms with Crippen LogP contribution >= 0.6 is 0 Å². The van der Waals surface area contributed by atoms with Crippen LogP contribution in [-0.2, 0) is 0 Å². The molecular weight excluding hydrogens is 124 g/mol. The Morgan fingerprint density at radius 1 is 1.30 bits per heavy atom. The fraction of sp³-hybridized carbons (Fsp3) is 0.333. The fourth-order valence-corrected chi connectivity index (χ4v) is 0.992. The van der Waals surface area contributed by atoms with Gasteiger partial charge in [0.25, 0.3) is 0 Å². The zero-order valence-corrected chi connectivity index (χ0v) is 6.39. The Kier molecular flexibility index (Phi) is 1.95. The molecule has 0 radical (unpaired) electrons. The molecule has 0 atom stereocenters. The van der Waals surface area contributed by atoms with E-state index >= 15 is 0 Å². The third-order valence-electron chi connectivity index (χ3n) is 1.60. The van der Waals surface area contributed by atoms with Crippen molar-refractivity contribution in [2.24, 2.45) is 0 Å². The van der Waals surface area contributed by atoms with E-state index in [4.69, 9.17) is 0 Å². The Labute approximate surface area is 61.4 Å². The molecule has 10 heavy (non-hydrogen) atoms. The summed E-state index contributed by atoms with van der Waals surface area (Å²) in [6, 6.07) is 0. The smallest absolute Gasteiger partial charge is 0.114 e. The summed E-state index contributed by atoms with van der Waals surface area (Å²) in [4.78, 5) is 0. The molecule has 1 rings (SSSR count). The minimum atomic E-state index is 0.410. The molecule has 0 spiro atoms. The first kappa shape index (κ1) is 7.13. The van der Waals surface area contributed by atoms with Crippen molar-refractivity contribution < 1.29 is 5.11 Å². The molecule has 0 fully saturated rings. The van der Waals surface area contributed by atoms with E-state index in [0.717, 1.165) is 12.0 Å². The van der Waals surface area contributed by atoms with Gasteiger partial charge in [0.05, 0.1) is 0 Å². The average molecular weight is 136 g/mol. The molecule has 1 heteroatoms. The maximum atomic E-state index is 9.23. The Bertz CT molecular complexity index is 219. The normalized spacial score (nSPS) is 18.8. The minimum absolute atomic E-state index is 0.410. The molecule has 0 saturated heterocycles. The third-order valence-corrected chi connectivity index (χ3v) is 1.60. The Morgan fingerprint density at radius 2 is 2.00 bits per heavy atom. The largest absolute Gasteiger partial charge is 0.508 e. The molecule has 1 N–H and O–H groups in total. The van der Waals surface area contributed by atoms with Crippen LogP contribution < -0.4 is 0 Å². The van der Waals surface area contributed by atoms with Crippen LogP contribution in [0, 0.1) is 0 Å². The van der Waals surface area contributed by atoms with Crippen molar-refractivity contribution in [1.29, 1.82) is 0 Å². The van der Waals surface area contributed by atoms with E-state index in [1.807, 2.05) is 26.0 Å². The van der Waals surface area contributed by atoms with Gasteiger partial charge in [-0.2, -0.15) is 0 Å². The molecular formula is C9H12O. The van der Waals surface area contributed by atoms with Crippen molar-refractivity contribution in [2.45, 2.75) is 20.3 Å². The van der Waals surface area contributed by atoms with Crippen LogP contribution in [0.4, 0.5) is 0 Å². The zero-order valence-electron chi connectivity index (χ0n) is 6.39. The molecule has 0 bridgehead atoms. The van der Waals surface area contributed by atoms with Crippen molar-refractivity contribution in [3.8, 4) is 0 Å². The third kappa shape index (κ3) is 1.50. The van der Waals surface area contributed by atoms with Gasteiger partial charge in [-0.3, -0.25) is 0 Å². The van der Waals surface area contributed by atoms with Crippen molar-refractivity contribution in [2.75, 3.05) is 0 Å². The number of allylic oxidation sites excluding steroid dienone is 5. The van der Waals surface area contributed by atoms with Crippen molar-refractivity contribution in [3.05, 3.63) is 35.1 Å². The van der Waals surface area contributed by atoms with Gasteiger partial charge in [0.2, 0.25) is 0 Å². The van der Waals surface area contributed by atoms with Gasteiger partial charge in [-0.15, -0.1) is 0 Å². The standard InChI is InChI=1S/C9H12O/c1-7-4-3-5-9(10)8(2)6-7/h4-6,10H,3H2,1-2H3. The van der Waals surface area contributed by atoms with Crippen LogP contribution in [-0.4, -0.2) is 5.11 Å². The second-order valence-corrected chi connectivity index (χ2v) is 2.60. The van der Waals surface area contributed by atoms with Crippen molar-refractivity contribution in [3.63, 3.8) is 0 Å². The van der Waals surface area contributed by atoms with Crippen LogP contribution in [0.5, 0.6) is 0 Å². The number of rotatable bonds is 0. The van der Waals surface area contributed by atoms with Crippen LogP contribution in [0.15, 0.2) is 35.1 Å². The summed E-state index contributed by atoms with van der Waals surface area (Å²) in [7, 11) is 0. The van der Waals surface area contributed by atoms with Crippen molar-refractivity contribution in [1.82, 2.24) is 0 Å². The lowest BCUT2D eigenvalue weighted by Crippen LogP contribution is -1.80. The summed E-state index contributed by atoms with van der Waals surface area (Å²) >= 11 is 0. The van der Waals surface area contributed by atoms with E-state index < -0.39 is 0 Å². The molecule has 0 aliphatic heterocycles. The highest BCUT2D eigenvalue weighted by Gasteiger charge is 1.98. The van der Waals surface area contributed by atoms with E-state index in [1.165, 1.54) is 5.57 Å². The van der Waals surface area contributed by atoms with Crippen LogP contribution in [0.25, 0.3) is 0 Å².